The maximum absolute atomic E-state index is 12.3. The van der Waals surface area contributed by atoms with Crippen molar-refractivity contribution >= 4 is 17.3 Å². The van der Waals surface area contributed by atoms with Gasteiger partial charge >= 0.3 is 0 Å². The summed E-state index contributed by atoms with van der Waals surface area (Å²) in [4.78, 5) is 12.3. The van der Waals surface area contributed by atoms with Gasteiger partial charge in [-0.25, -0.2) is 0 Å². The van der Waals surface area contributed by atoms with E-state index in [-0.39, 0.29) is 11.9 Å². The largest absolute Gasteiger partial charge is 0.455 e. The lowest BCUT2D eigenvalue weighted by Gasteiger charge is -2.13. The first-order chi connectivity index (χ1) is 11.6. The maximum Gasteiger partial charge on any atom is 0.287 e. The molecule has 1 amide bonds. The number of hydrogen-bond acceptors (Lipinski definition) is 4. The van der Waals surface area contributed by atoms with E-state index >= 15 is 0 Å². The van der Waals surface area contributed by atoms with Gasteiger partial charge in [0.25, 0.3) is 5.91 Å². The first-order valence-corrected chi connectivity index (χ1v) is 8.37. The number of hydrazone groups is 1. The Bertz CT molecular complexity index is 760. The minimum absolute atomic E-state index is 0.0758. The lowest BCUT2D eigenvalue weighted by atomic mass is 9.93. The van der Waals surface area contributed by atoms with Crippen LogP contribution in [0, 0.1) is 6.92 Å². The molecular weight excluding hydrogens is 302 g/mol. The van der Waals surface area contributed by atoms with Crippen LogP contribution in [-0.4, -0.2) is 17.7 Å². The van der Waals surface area contributed by atoms with Crippen LogP contribution in [0.5, 0.6) is 0 Å². The highest BCUT2D eigenvalue weighted by Crippen LogP contribution is 2.30. The molecule has 0 bridgehead atoms. The van der Waals surface area contributed by atoms with Crippen molar-refractivity contribution in [2.75, 3.05) is 5.43 Å². The summed E-state index contributed by atoms with van der Waals surface area (Å²) in [6.07, 6.45) is 2.69. The summed E-state index contributed by atoms with van der Waals surface area (Å²) in [5.74, 6) is 1.11. The third kappa shape index (κ3) is 3.35. The molecule has 0 fully saturated rings. The molecule has 0 saturated carbocycles. The van der Waals surface area contributed by atoms with Crippen molar-refractivity contribution in [3.8, 4) is 0 Å². The normalized spacial score (nSPS) is 15.4. The molecule has 2 N–H and O–H groups in total. The van der Waals surface area contributed by atoms with Crippen LogP contribution < -0.4 is 10.7 Å². The van der Waals surface area contributed by atoms with Gasteiger partial charge in [-0.3, -0.25) is 10.2 Å². The minimum Gasteiger partial charge on any atom is -0.455 e. The van der Waals surface area contributed by atoms with Crippen molar-refractivity contribution in [3.05, 3.63) is 53.0 Å². The van der Waals surface area contributed by atoms with Crippen molar-refractivity contribution in [1.29, 1.82) is 0 Å². The molecule has 1 aliphatic rings. The van der Waals surface area contributed by atoms with E-state index in [0.29, 0.717) is 5.76 Å². The van der Waals surface area contributed by atoms with E-state index in [4.69, 9.17) is 4.42 Å². The Morgan fingerprint density at radius 1 is 1.21 bits per heavy atom. The molecule has 3 rings (SSSR count). The molecule has 0 unspecified atom stereocenters. The Kier molecular flexibility index (Phi) is 4.69. The van der Waals surface area contributed by atoms with E-state index in [1.807, 2.05) is 51.1 Å². The zero-order valence-corrected chi connectivity index (χ0v) is 14.3. The summed E-state index contributed by atoms with van der Waals surface area (Å²) < 4.78 is 5.86. The number of aryl methyl sites for hydroxylation is 1. The van der Waals surface area contributed by atoms with Crippen molar-refractivity contribution in [1.82, 2.24) is 5.32 Å². The van der Waals surface area contributed by atoms with Crippen molar-refractivity contribution < 1.29 is 9.21 Å². The number of hydrogen-bond donors (Lipinski definition) is 2. The van der Waals surface area contributed by atoms with E-state index in [1.54, 1.807) is 0 Å². The van der Waals surface area contributed by atoms with Crippen LogP contribution in [0.15, 0.2) is 39.9 Å². The van der Waals surface area contributed by atoms with Crippen LogP contribution in [0.3, 0.4) is 0 Å². The summed E-state index contributed by atoms with van der Waals surface area (Å²) in [5, 5.41) is 7.46. The first kappa shape index (κ1) is 16.3. The molecule has 0 atom stereocenters. The fraction of sp³-hybridized carbons (Fsp3) is 0.368. The number of amides is 1. The molecule has 1 aliphatic carbocycles. The number of fused-ring (bicyclic) bond motifs is 1. The summed E-state index contributed by atoms with van der Waals surface area (Å²) in [7, 11) is 0. The highest BCUT2D eigenvalue weighted by atomic mass is 16.4. The zero-order chi connectivity index (χ0) is 17.1. The standard InChI is InChI=1S/C19H23N3O2/c1-12(2)20-19(23)18-13(3)17-15(10-7-11-16(17)24-18)22-21-14-8-5-4-6-9-14/h4-6,8-9,12,21H,7,10-11H2,1-3H3,(H,20,23)/b22-15+. The molecule has 0 spiro atoms. The monoisotopic (exact) mass is 325 g/mol. The second kappa shape index (κ2) is 6.91. The number of rotatable bonds is 4. The van der Waals surface area contributed by atoms with Crippen LogP contribution in [0.1, 0.15) is 54.1 Å². The van der Waals surface area contributed by atoms with Gasteiger partial charge in [0.05, 0.1) is 11.4 Å². The van der Waals surface area contributed by atoms with Crippen LogP contribution in [-0.2, 0) is 6.42 Å². The molecule has 1 aromatic carbocycles. The Balaban J connectivity index is 1.89. The fourth-order valence-corrected chi connectivity index (χ4v) is 2.97. The van der Waals surface area contributed by atoms with Crippen LogP contribution >= 0.6 is 0 Å². The third-order valence-electron chi connectivity index (χ3n) is 4.05. The maximum atomic E-state index is 12.3. The predicted molar refractivity (Wildman–Crippen MR) is 95.6 cm³/mol. The number of carbonyl (C=O) groups is 1. The summed E-state index contributed by atoms with van der Waals surface area (Å²) in [5.41, 5.74) is 6.85. The van der Waals surface area contributed by atoms with Gasteiger partial charge in [-0.05, 0) is 45.7 Å². The second-order valence-electron chi connectivity index (χ2n) is 6.37. The number of anilines is 1. The van der Waals surface area contributed by atoms with Crippen molar-refractivity contribution in [3.63, 3.8) is 0 Å². The molecule has 1 heterocycles. The van der Waals surface area contributed by atoms with Gasteiger partial charge in [0, 0.05) is 23.6 Å². The SMILES string of the molecule is Cc1c(C(=O)NC(C)C)oc2c1/C(=N/Nc1ccccc1)CCC2. The van der Waals surface area contributed by atoms with E-state index in [9.17, 15) is 4.79 Å². The highest BCUT2D eigenvalue weighted by molar-refractivity contribution is 6.06. The fourth-order valence-electron chi connectivity index (χ4n) is 2.97. The van der Waals surface area contributed by atoms with Crippen LogP contribution in [0.4, 0.5) is 5.69 Å². The van der Waals surface area contributed by atoms with E-state index in [1.165, 1.54) is 0 Å². The van der Waals surface area contributed by atoms with E-state index in [0.717, 1.165) is 47.5 Å². The molecular formula is C19H23N3O2. The van der Waals surface area contributed by atoms with E-state index < -0.39 is 0 Å². The zero-order valence-electron chi connectivity index (χ0n) is 14.3. The number of nitrogens with one attached hydrogen (secondary N) is 2. The Labute approximate surface area is 142 Å². The lowest BCUT2D eigenvalue weighted by Crippen LogP contribution is -2.30. The first-order valence-electron chi connectivity index (χ1n) is 8.37. The average Bonchev–Trinajstić information content (AvgIpc) is 2.91. The third-order valence-corrected chi connectivity index (χ3v) is 4.05. The average molecular weight is 325 g/mol. The van der Waals surface area contributed by atoms with Gasteiger partial charge in [-0.1, -0.05) is 18.2 Å². The summed E-state index contributed by atoms with van der Waals surface area (Å²) >= 11 is 0. The molecule has 0 radical (unpaired) electrons. The molecule has 0 aliphatic heterocycles. The molecule has 0 saturated heterocycles. The van der Waals surface area contributed by atoms with Gasteiger partial charge in [-0.2, -0.15) is 5.10 Å². The van der Waals surface area contributed by atoms with Gasteiger partial charge in [-0.15, -0.1) is 0 Å². The van der Waals surface area contributed by atoms with E-state index in [2.05, 4.69) is 15.8 Å². The van der Waals surface area contributed by atoms with Crippen molar-refractivity contribution in [2.24, 2.45) is 5.10 Å². The van der Waals surface area contributed by atoms with Crippen molar-refractivity contribution in [2.45, 2.75) is 46.1 Å². The molecule has 5 heteroatoms. The Morgan fingerprint density at radius 3 is 2.67 bits per heavy atom. The number of benzene rings is 1. The Morgan fingerprint density at radius 2 is 1.96 bits per heavy atom. The number of nitrogens with zero attached hydrogens (tertiary/aromatic N) is 1. The molecule has 126 valence electrons. The molecule has 1 aromatic heterocycles. The smallest absolute Gasteiger partial charge is 0.287 e. The van der Waals surface area contributed by atoms with Gasteiger partial charge in [0.1, 0.15) is 5.76 Å². The number of carbonyl (C=O) groups excluding carboxylic acids is 1. The highest BCUT2D eigenvalue weighted by Gasteiger charge is 2.28. The van der Waals surface area contributed by atoms with Gasteiger partial charge in [0.2, 0.25) is 0 Å². The quantitative estimate of drug-likeness (QED) is 0.838. The van der Waals surface area contributed by atoms with Crippen LogP contribution in [0.25, 0.3) is 0 Å². The Hall–Kier alpha value is -2.56. The minimum atomic E-state index is -0.160. The number of para-hydroxylation sites is 1. The molecule has 24 heavy (non-hydrogen) atoms. The summed E-state index contributed by atoms with van der Waals surface area (Å²) in [6, 6.07) is 9.91. The van der Waals surface area contributed by atoms with Crippen LogP contribution in [0.2, 0.25) is 0 Å². The van der Waals surface area contributed by atoms with Gasteiger partial charge in [0.15, 0.2) is 5.76 Å². The molecule has 5 nitrogen and oxygen atoms in total. The summed E-state index contributed by atoms with van der Waals surface area (Å²) in [6.45, 7) is 5.81. The molecule has 2 aromatic rings. The second-order valence-corrected chi connectivity index (χ2v) is 6.37. The lowest BCUT2D eigenvalue weighted by molar-refractivity contribution is 0.0912. The van der Waals surface area contributed by atoms with Gasteiger partial charge < -0.3 is 9.73 Å². The predicted octanol–water partition coefficient (Wildman–Crippen LogP) is 3.88. The topological polar surface area (TPSA) is 66.6 Å². The number of furan rings is 1.